The molecule has 0 radical (unpaired) electrons. The molecule has 2 rings (SSSR count). The molecule has 0 aromatic carbocycles. The molecule has 0 spiro atoms. The van der Waals surface area contributed by atoms with Crippen LogP contribution in [0.15, 0.2) is 23.8 Å². The largest absolute Gasteiger partial charge is 0.480 e. The molecule has 1 amide bonds. The lowest BCUT2D eigenvalue weighted by atomic mass is 10.1. The zero-order valence-corrected chi connectivity index (χ0v) is 22.4. The summed E-state index contributed by atoms with van der Waals surface area (Å²) in [6, 6.07) is 0.0843. The molecule has 5 atom stereocenters. The quantitative estimate of drug-likeness (QED) is 0.399. The lowest BCUT2D eigenvalue weighted by Crippen LogP contribution is -2.42. The number of carboxylic acids is 1. The molecule has 2 fully saturated rings. The van der Waals surface area contributed by atoms with Crippen LogP contribution in [0.2, 0.25) is 0 Å². The third kappa shape index (κ3) is 8.36. The Bertz CT molecular complexity index is 655. The first-order valence-corrected chi connectivity index (χ1v) is 13.6. The van der Waals surface area contributed by atoms with Crippen molar-refractivity contribution in [2.45, 2.75) is 78.8 Å². The molecule has 0 saturated carbocycles. The highest BCUT2D eigenvalue weighted by Gasteiger charge is 2.35. The van der Waals surface area contributed by atoms with Gasteiger partial charge in [-0.3, -0.25) is 4.79 Å². The molecule has 2 aliphatic rings. The Morgan fingerprint density at radius 3 is 2.16 bits per heavy atom. The van der Waals surface area contributed by atoms with Gasteiger partial charge in [-0.1, -0.05) is 40.9 Å². The van der Waals surface area contributed by atoms with Gasteiger partial charge in [0.2, 0.25) is 5.91 Å². The summed E-state index contributed by atoms with van der Waals surface area (Å²) in [5.74, 6) is 2.03. The van der Waals surface area contributed by atoms with Gasteiger partial charge in [0.15, 0.2) is 0 Å². The van der Waals surface area contributed by atoms with Crippen LogP contribution >= 0.6 is 24.4 Å². The summed E-state index contributed by atoms with van der Waals surface area (Å²) in [6.07, 6.45) is 4.78. The molecule has 2 aliphatic heterocycles. The molecule has 7 heteroatoms. The van der Waals surface area contributed by atoms with E-state index in [0.29, 0.717) is 30.8 Å². The highest BCUT2D eigenvalue weighted by molar-refractivity contribution is 8.03. The van der Waals surface area contributed by atoms with Crippen LogP contribution < -0.4 is 0 Å². The minimum Gasteiger partial charge on any atom is -0.480 e. The molecule has 2 heterocycles. The number of hydrogen-bond donors (Lipinski definition) is 2. The van der Waals surface area contributed by atoms with Crippen molar-refractivity contribution in [2.75, 3.05) is 24.6 Å². The standard InChI is InChI=1S/C15H27NS2.C10H17NO3/c1-11(9-17)15(5)18-10-12(2)14(4)16-8-6-7-13(16)3;1-3-7(2)9(12)11-6-4-5-8(11)10(13)14/h11-13,17H,4-10H2,1-3H3;7-8H,3-6H2,1-2H3,(H,13,14). The lowest BCUT2D eigenvalue weighted by molar-refractivity contribution is -0.149. The lowest BCUT2D eigenvalue weighted by Gasteiger charge is -2.30. The minimum atomic E-state index is -0.876. The van der Waals surface area contributed by atoms with Crippen LogP contribution in [0.4, 0.5) is 0 Å². The van der Waals surface area contributed by atoms with Crippen LogP contribution in [0.5, 0.6) is 0 Å². The average Bonchev–Trinajstić information content (AvgIpc) is 3.44. The third-order valence-electron chi connectivity index (χ3n) is 6.69. The predicted molar refractivity (Wildman–Crippen MR) is 140 cm³/mol. The number of carboxylic acid groups (broad SMARTS) is 1. The Hall–Kier alpha value is -1.08. The number of thioether (sulfide) groups is 1. The first kappa shape index (κ1) is 29.0. The number of allylic oxidation sites excluding steroid dienone is 2. The fraction of sp³-hybridized carbons (Fsp3) is 0.760. The maximum absolute atomic E-state index is 11.8. The summed E-state index contributed by atoms with van der Waals surface area (Å²) in [4.78, 5) is 27.8. The zero-order chi connectivity index (χ0) is 24.4. The zero-order valence-electron chi connectivity index (χ0n) is 20.7. The second-order valence-corrected chi connectivity index (χ2v) is 10.8. The van der Waals surface area contributed by atoms with Crippen LogP contribution in [0.1, 0.15) is 66.7 Å². The second kappa shape index (κ2) is 14.2. The van der Waals surface area contributed by atoms with Crippen LogP contribution in [-0.4, -0.2) is 63.5 Å². The summed E-state index contributed by atoms with van der Waals surface area (Å²) >= 11 is 6.20. The van der Waals surface area contributed by atoms with Gasteiger partial charge in [-0.15, -0.1) is 11.8 Å². The number of aliphatic carboxylic acids is 1. The summed E-state index contributed by atoms with van der Waals surface area (Å²) in [5.41, 5.74) is 1.30. The summed E-state index contributed by atoms with van der Waals surface area (Å²) in [6.45, 7) is 20.8. The van der Waals surface area contributed by atoms with Gasteiger partial charge in [0.25, 0.3) is 0 Å². The van der Waals surface area contributed by atoms with Gasteiger partial charge in [-0.25, -0.2) is 4.79 Å². The molecule has 1 N–H and O–H groups in total. The molecule has 5 nitrogen and oxygen atoms in total. The van der Waals surface area contributed by atoms with Gasteiger partial charge >= 0.3 is 5.97 Å². The molecule has 184 valence electrons. The Morgan fingerprint density at radius 1 is 1.06 bits per heavy atom. The van der Waals surface area contributed by atoms with E-state index in [2.05, 4.69) is 51.5 Å². The molecule has 32 heavy (non-hydrogen) atoms. The number of carbonyl (C=O) groups excluding carboxylic acids is 1. The predicted octanol–water partition coefficient (Wildman–Crippen LogP) is 5.54. The Balaban J connectivity index is 0.000000330. The molecule has 5 unspecified atom stereocenters. The summed E-state index contributed by atoms with van der Waals surface area (Å²) in [5, 5.41) is 8.89. The van der Waals surface area contributed by atoms with Crippen molar-refractivity contribution in [3.8, 4) is 0 Å². The third-order valence-corrected chi connectivity index (χ3v) is 8.68. The van der Waals surface area contributed by atoms with Crippen molar-refractivity contribution < 1.29 is 14.7 Å². The van der Waals surface area contributed by atoms with Crippen LogP contribution in [0.3, 0.4) is 0 Å². The van der Waals surface area contributed by atoms with E-state index >= 15 is 0 Å². The SMILES string of the molecule is C=C(SCC(C)C(=C)N1CCCC1C)C(C)CS.CCC(C)C(=O)N1CCCC1C(=O)O. The Kier molecular flexibility index (Phi) is 12.9. The van der Waals surface area contributed by atoms with Gasteiger partial charge in [-0.05, 0) is 55.6 Å². The maximum atomic E-state index is 11.8. The fourth-order valence-corrected chi connectivity index (χ4v) is 5.33. The van der Waals surface area contributed by atoms with E-state index in [4.69, 9.17) is 5.11 Å². The van der Waals surface area contributed by atoms with E-state index < -0.39 is 12.0 Å². The van der Waals surface area contributed by atoms with Gasteiger partial charge < -0.3 is 14.9 Å². The van der Waals surface area contributed by atoms with Crippen molar-refractivity contribution in [1.29, 1.82) is 0 Å². The molecular formula is C25H44N2O3S2. The first-order chi connectivity index (χ1) is 15.0. The van der Waals surface area contributed by atoms with E-state index in [0.717, 1.165) is 24.3 Å². The smallest absolute Gasteiger partial charge is 0.326 e. The van der Waals surface area contributed by atoms with E-state index in [1.165, 1.54) is 34.9 Å². The van der Waals surface area contributed by atoms with Crippen LogP contribution in [0.25, 0.3) is 0 Å². The number of likely N-dealkylation sites (tertiary alicyclic amines) is 2. The number of hydrogen-bond acceptors (Lipinski definition) is 5. The summed E-state index contributed by atoms with van der Waals surface area (Å²) in [7, 11) is 0. The van der Waals surface area contributed by atoms with Crippen molar-refractivity contribution >= 4 is 36.3 Å². The van der Waals surface area contributed by atoms with Crippen LogP contribution in [-0.2, 0) is 9.59 Å². The molecule has 2 saturated heterocycles. The van der Waals surface area contributed by atoms with Crippen molar-refractivity contribution in [3.63, 3.8) is 0 Å². The molecule has 0 bridgehead atoms. The highest BCUT2D eigenvalue weighted by atomic mass is 32.2. The number of amides is 1. The van der Waals surface area contributed by atoms with E-state index in [1.807, 2.05) is 25.6 Å². The molecular weight excluding hydrogens is 440 g/mol. The van der Waals surface area contributed by atoms with Crippen molar-refractivity contribution in [2.24, 2.45) is 17.8 Å². The molecule has 0 aromatic heterocycles. The van der Waals surface area contributed by atoms with Gasteiger partial charge in [0.05, 0.1) is 0 Å². The minimum absolute atomic E-state index is 0.0163. The fourth-order valence-electron chi connectivity index (χ4n) is 3.96. The van der Waals surface area contributed by atoms with Gasteiger partial charge in [-0.2, -0.15) is 12.6 Å². The van der Waals surface area contributed by atoms with Crippen molar-refractivity contribution in [1.82, 2.24) is 9.80 Å². The topological polar surface area (TPSA) is 60.9 Å². The number of nitrogens with zero attached hydrogens (tertiary/aromatic N) is 2. The maximum Gasteiger partial charge on any atom is 0.326 e. The first-order valence-electron chi connectivity index (χ1n) is 12.0. The van der Waals surface area contributed by atoms with Gasteiger partial charge in [0, 0.05) is 42.4 Å². The molecule has 0 aliphatic carbocycles. The van der Waals surface area contributed by atoms with E-state index in [1.54, 1.807) is 0 Å². The van der Waals surface area contributed by atoms with E-state index in [-0.39, 0.29) is 11.8 Å². The number of thiol groups is 1. The van der Waals surface area contributed by atoms with Crippen LogP contribution in [0, 0.1) is 17.8 Å². The second-order valence-electron chi connectivity index (χ2n) is 9.28. The van der Waals surface area contributed by atoms with Gasteiger partial charge in [0.1, 0.15) is 6.04 Å². The molecule has 0 aromatic rings. The monoisotopic (exact) mass is 484 g/mol. The van der Waals surface area contributed by atoms with Crippen molar-refractivity contribution in [3.05, 3.63) is 23.8 Å². The Morgan fingerprint density at radius 2 is 1.66 bits per heavy atom. The summed E-state index contributed by atoms with van der Waals surface area (Å²) < 4.78 is 0. The average molecular weight is 485 g/mol. The number of rotatable bonds is 10. The Labute approximate surface area is 205 Å². The van der Waals surface area contributed by atoms with E-state index in [9.17, 15) is 9.59 Å². The number of carbonyl (C=O) groups is 2. The normalized spacial score (nSPS) is 23.2. The highest BCUT2D eigenvalue weighted by Crippen LogP contribution is 2.30.